The van der Waals surface area contributed by atoms with Crippen LogP contribution in [0.5, 0.6) is 0 Å². The number of anilines is 2. The predicted molar refractivity (Wildman–Crippen MR) is 112 cm³/mol. The number of nitrogens with zero attached hydrogens (tertiary/aromatic N) is 4. The number of aryl methyl sites for hydroxylation is 1. The van der Waals surface area contributed by atoms with Crippen LogP contribution < -0.4 is 9.62 Å². The van der Waals surface area contributed by atoms with Gasteiger partial charge in [0, 0.05) is 25.2 Å². The van der Waals surface area contributed by atoms with Crippen molar-refractivity contribution in [2.75, 3.05) is 29.8 Å². The predicted octanol–water partition coefficient (Wildman–Crippen LogP) is 2.79. The summed E-state index contributed by atoms with van der Waals surface area (Å²) in [4.78, 5) is 9.18. The average Bonchev–Trinajstić information content (AvgIpc) is 2.96. The van der Waals surface area contributed by atoms with Crippen LogP contribution in [0.4, 0.5) is 15.9 Å². The first-order chi connectivity index (χ1) is 14.2. The number of rotatable bonds is 4. The molecule has 2 unspecified atom stereocenters. The van der Waals surface area contributed by atoms with Crippen LogP contribution in [0.1, 0.15) is 29.7 Å². The van der Waals surface area contributed by atoms with Gasteiger partial charge in [0.25, 0.3) is 10.0 Å². The van der Waals surface area contributed by atoms with Crippen molar-refractivity contribution in [3.05, 3.63) is 46.9 Å². The van der Waals surface area contributed by atoms with Gasteiger partial charge in [-0.1, -0.05) is 0 Å². The van der Waals surface area contributed by atoms with E-state index >= 15 is 0 Å². The van der Waals surface area contributed by atoms with Gasteiger partial charge in [-0.25, -0.2) is 17.8 Å². The highest BCUT2D eigenvalue weighted by molar-refractivity contribution is 7.92. The molecule has 158 valence electrons. The van der Waals surface area contributed by atoms with Crippen LogP contribution in [0.3, 0.4) is 0 Å². The maximum Gasteiger partial charge on any atom is 0.261 e. The number of benzene rings is 1. The first-order valence-electron chi connectivity index (χ1n) is 9.88. The van der Waals surface area contributed by atoms with E-state index in [9.17, 15) is 18.1 Å². The van der Waals surface area contributed by atoms with E-state index < -0.39 is 15.8 Å². The number of piperazine rings is 1. The monoisotopic (exact) mass is 429 g/mol. The van der Waals surface area contributed by atoms with E-state index in [4.69, 9.17) is 0 Å². The number of likely N-dealkylation sites (N-methyl/N-ethyl adjacent to an activating group) is 1. The molecule has 7 nitrogen and oxygen atoms in total. The van der Waals surface area contributed by atoms with Crippen molar-refractivity contribution in [3.63, 3.8) is 0 Å². The van der Waals surface area contributed by atoms with Crippen molar-refractivity contribution in [1.29, 1.82) is 5.26 Å². The Labute approximate surface area is 176 Å². The van der Waals surface area contributed by atoms with Gasteiger partial charge in [-0.15, -0.1) is 0 Å². The summed E-state index contributed by atoms with van der Waals surface area (Å²) in [6.45, 7) is 5.30. The summed E-state index contributed by atoms with van der Waals surface area (Å²) in [6, 6.07) is 7.44. The summed E-state index contributed by atoms with van der Waals surface area (Å²) in [5.41, 5.74) is 1.73. The van der Waals surface area contributed by atoms with E-state index in [1.165, 1.54) is 12.1 Å². The van der Waals surface area contributed by atoms with Crippen LogP contribution in [-0.2, 0) is 10.0 Å². The number of nitrogens with one attached hydrogen (secondary N) is 1. The van der Waals surface area contributed by atoms with Crippen molar-refractivity contribution >= 4 is 21.5 Å². The van der Waals surface area contributed by atoms with Gasteiger partial charge in [0.15, 0.2) is 0 Å². The highest BCUT2D eigenvalue weighted by atomic mass is 32.2. The molecule has 1 aromatic carbocycles. The lowest BCUT2D eigenvalue weighted by atomic mass is 10.1. The number of likely N-dealkylation sites (tertiary alicyclic amines) is 1. The highest BCUT2D eigenvalue weighted by Crippen LogP contribution is 2.38. The Balaban J connectivity index is 1.73. The van der Waals surface area contributed by atoms with E-state index in [1.54, 1.807) is 13.8 Å². The lowest BCUT2D eigenvalue weighted by molar-refractivity contribution is 0.263. The van der Waals surface area contributed by atoms with Crippen LogP contribution in [0.15, 0.2) is 29.2 Å². The number of halogens is 1. The molecule has 2 aromatic rings. The number of hydrogen-bond donors (Lipinski definition) is 1. The fourth-order valence-corrected chi connectivity index (χ4v) is 5.75. The quantitative estimate of drug-likeness (QED) is 0.804. The maximum absolute atomic E-state index is 13.2. The Morgan fingerprint density at radius 2 is 1.77 bits per heavy atom. The molecule has 1 aromatic heterocycles. The minimum Gasteiger partial charge on any atom is -0.347 e. The van der Waals surface area contributed by atoms with E-state index in [0.717, 1.165) is 38.1 Å². The zero-order valence-electron chi connectivity index (χ0n) is 17.2. The third-order valence-electron chi connectivity index (χ3n) is 5.99. The van der Waals surface area contributed by atoms with Gasteiger partial charge < -0.3 is 9.80 Å². The smallest absolute Gasteiger partial charge is 0.261 e. The van der Waals surface area contributed by atoms with Crippen LogP contribution >= 0.6 is 0 Å². The van der Waals surface area contributed by atoms with Gasteiger partial charge >= 0.3 is 0 Å². The Morgan fingerprint density at radius 3 is 2.33 bits per heavy atom. The lowest BCUT2D eigenvalue weighted by Gasteiger charge is -2.41. The fraction of sp³-hybridized carbons (Fsp3) is 0.429. The first kappa shape index (κ1) is 20.6. The Bertz CT molecular complexity index is 1110. The van der Waals surface area contributed by atoms with Crippen LogP contribution in [0, 0.1) is 31.0 Å². The van der Waals surface area contributed by atoms with Crippen molar-refractivity contribution in [2.45, 2.75) is 43.7 Å². The summed E-state index contributed by atoms with van der Waals surface area (Å²) in [5.74, 6) is 0.124. The summed E-state index contributed by atoms with van der Waals surface area (Å²) in [6.07, 6.45) is 2.11. The molecule has 9 heteroatoms. The van der Waals surface area contributed by atoms with Gasteiger partial charge in [-0.05, 0) is 63.6 Å². The molecule has 2 fully saturated rings. The Morgan fingerprint density at radius 1 is 1.17 bits per heavy atom. The summed E-state index contributed by atoms with van der Waals surface area (Å²) in [5, 5.41) is 9.89. The Kier molecular flexibility index (Phi) is 5.16. The third kappa shape index (κ3) is 3.50. The number of aromatic nitrogens is 1. The van der Waals surface area contributed by atoms with Crippen molar-refractivity contribution < 1.29 is 12.8 Å². The van der Waals surface area contributed by atoms with E-state index in [2.05, 4.69) is 32.6 Å². The molecular formula is C21H24FN5O2S. The average molecular weight is 430 g/mol. The van der Waals surface area contributed by atoms with Gasteiger partial charge in [0.05, 0.1) is 21.8 Å². The van der Waals surface area contributed by atoms with Crippen LogP contribution in [0.25, 0.3) is 0 Å². The third-order valence-corrected chi connectivity index (χ3v) is 7.36. The largest absolute Gasteiger partial charge is 0.347 e. The molecule has 2 aliphatic rings. The molecule has 0 spiro atoms. The number of sulfonamides is 1. The fourth-order valence-electron chi connectivity index (χ4n) is 4.57. The molecule has 2 saturated heterocycles. The van der Waals surface area contributed by atoms with Gasteiger partial charge in [-0.3, -0.25) is 4.72 Å². The number of nitriles is 1. The molecule has 4 rings (SSSR count). The lowest BCUT2D eigenvalue weighted by Crippen LogP contribution is -2.53. The molecule has 0 aliphatic carbocycles. The number of hydrogen-bond acceptors (Lipinski definition) is 6. The highest BCUT2D eigenvalue weighted by Gasteiger charge is 2.41. The van der Waals surface area contributed by atoms with Gasteiger partial charge in [0.1, 0.15) is 17.7 Å². The summed E-state index contributed by atoms with van der Waals surface area (Å²) >= 11 is 0. The maximum atomic E-state index is 13.2. The zero-order valence-corrected chi connectivity index (χ0v) is 18.0. The Hall–Kier alpha value is -2.70. The second-order valence-corrected chi connectivity index (χ2v) is 9.76. The topological polar surface area (TPSA) is 89.3 Å². The molecule has 0 radical (unpaired) electrons. The molecule has 2 bridgehead atoms. The molecule has 2 aliphatic heterocycles. The minimum absolute atomic E-state index is 0.0533. The standard InChI is InChI=1S/C21H24FN5O2S/c1-13-19(10-23)21(27-16-6-7-17(27)12-26(3)11-16)24-14(2)20(13)25-30(28,29)18-8-4-15(22)5-9-18/h4-5,8-9,16-17,25H,6-7,11-12H2,1-3H3. The zero-order chi connectivity index (χ0) is 21.6. The second kappa shape index (κ2) is 7.52. The molecular weight excluding hydrogens is 405 g/mol. The van der Waals surface area contributed by atoms with Crippen molar-refractivity contribution in [3.8, 4) is 6.07 Å². The number of pyridine rings is 1. The number of fused-ring (bicyclic) bond motifs is 2. The van der Waals surface area contributed by atoms with E-state index in [1.807, 2.05) is 0 Å². The second-order valence-electron chi connectivity index (χ2n) is 8.08. The summed E-state index contributed by atoms with van der Waals surface area (Å²) < 4.78 is 41.3. The molecule has 2 atom stereocenters. The molecule has 0 saturated carbocycles. The molecule has 1 N–H and O–H groups in total. The van der Waals surface area contributed by atoms with Gasteiger partial charge in [-0.2, -0.15) is 5.26 Å². The van der Waals surface area contributed by atoms with Crippen LogP contribution in [0.2, 0.25) is 0 Å². The van der Waals surface area contributed by atoms with Crippen LogP contribution in [-0.4, -0.2) is 50.5 Å². The first-order valence-corrected chi connectivity index (χ1v) is 11.4. The molecule has 30 heavy (non-hydrogen) atoms. The normalized spacial score (nSPS) is 21.5. The van der Waals surface area contributed by atoms with E-state index in [-0.39, 0.29) is 4.90 Å². The van der Waals surface area contributed by atoms with Crippen molar-refractivity contribution in [2.24, 2.45) is 0 Å². The molecule has 0 amide bonds. The molecule has 3 heterocycles. The van der Waals surface area contributed by atoms with Gasteiger partial charge in [0.2, 0.25) is 0 Å². The van der Waals surface area contributed by atoms with E-state index in [0.29, 0.717) is 40.4 Å². The SMILES string of the molecule is Cc1nc(N2C3CCC2CN(C)C3)c(C#N)c(C)c1NS(=O)(=O)c1ccc(F)cc1. The minimum atomic E-state index is -3.94. The summed E-state index contributed by atoms with van der Waals surface area (Å²) in [7, 11) is -1.84. The van der Waals surface area contributed by atoms with Crippen molar-refractivity contribution in [1.82, 2.24) is 9.88 Å².